The fourth-order valence-electron chi connectivity index (χ4n) is 1.37. The minimum Gasteiger partial charge on any atom is -0.382 e. The van der Waals surface area contributed by atoms with Gasteiger partial charge in [-0.3, -0.25) is 4.79 Å². The standard InChI is InChI=1S/C9H14F3NO2S/c10-9(11,12)7(14)5-13-8(15)6-3-1-2-4-16-6/h6-7,14H,1-5H2,(H,13,15). The molecule has 16 heavy (non-hydrogen) atoms. The first-order valence-corrected chi connectivity index (χ1v) is 6.10. The van der Waals surface area contributed by atoms with Crippen molar-refractivity contribution in [2.75, 3.05) is 12.3 Å². The van der Waals surface area contributed by atoms with E-state index in [1.807, 2.05) is 0 Å². The van der Waals surface area contributed by atoms with Crippen LogP contribution in [0.25, 0.3) is 0 Å². The van der Waals surface area contributed by atoms with Crippen molar-refractivity contribution in [1.82, 2.24) is 5.32 Å². The fourth-order valence-corrected chi connectivity index (χ4v) is 2.60. The lowest BCUT2D eigenvalue weighted by Crippen LogP contribution is -2.43. The van der Waals surface area contributed by atoms with Crippen LogP contribution in [0.2, 0.25) is 0 Å². The van der Waals surface area contributed by atoms with Gasteiger partial charge >= 0.3 is 6.18 Å². The van der Waals surface area contributed by atoms with Crippen molar-refractivity contribution in [3.63, 3.8) is 0 Å². The molecule has 0 saturated carbocycles. The Morgan fingerprint density at radius 3 is 2.69 bits per heavy atom. The summed E-state index contributed by atoms with van der Waals surface area (Å²) in [6, 6.07) is 0. The van der Waals surface area contributed by atoms with Crippen molar-refractivity contribution in [3.05, 3.63) is 0 Å². The number of nitrogens with one attached hydrogen (secondary N) is 1. The van der Waals surface area contributed by atoms with Crippen LogP contribution in [0.3, 0.4) is 0 Å². The third-order valence-electron chi connectivity index (χ3n) is 2.32. The summed E-state index contributed by atoms with van der Waals surface area (Å²) in [5, 5.41) is 10.5. The Labute approximate surface area is 95.8 Å². The Kier molecular flexibility index (Phi) is 4.91. The zero-order valence-corrected chi connectivity index (χ0v) is 9.40. The molecule has 0 bridgehead atoms. The van der Waals surface area contributed by atoms with Crippen LogP contribution in [0.1, 0.15) is 19.3 Å². The third-order valence-corrected chi connectivity index (χ3v) is 3.70. The van der Waals surface area contributed by atoms with Gasteiger partial charge in [0.2, 0.25) is 5.91 Å². The maximum atomic E-state index is 11.9. The summed E-state index contributed by atoms with van der Waals surface area (Å²) in [6.07, 6.45) is -4.50. The normalized spacial score (nSPS) is 23.9. The summed E-state index contributed by atoms with van der Waals surface area (Å²) >= 11 is 1.46. The average molecular weight is 257 g/mol. The molecule has 0 aliphatic carbocycles. The molecule has 1 aliphatic heterocycles. The highest BCUT2D eigenvalue weighted by atomic mass is 32.2. The summed E-state index contributed by atoms with van der Waals surface area (Å²) in [5.74, 6) is 0.452. The lowest BCUT2D eigenvalue weighted by molar-refractivity contribution is -0.201. The molecule has 1 saturated heterocycles. The minimum atomic E-state index is -4.67. The van der Waals surface area contributed by atoms with E-state index in [-0.39, 0.29) is 5.25 Å². The largest absolute Gasteiger partial charge is 0.416 e. The van der Waals surface area contributed by atoms with Crippen LogP contribution in [0.15, 0.2) is 0 Å². The summed E-state index contributed by atoms with van der Waals surface area (Å²) < 4.78 is 35.8. The Balaban J connectivity index is 2.29. The molecule has 7 heteroatoms. The van der Waals surface area contributed by atoms with E-state index in [9.17, 15) is 18.0 Å². The Morgan fingerprint density at radius 2 is 2.19 bits per heavy atom. The van der Waals surface area contributed by atoms with E-state index in [0.717, 1.165) is 18.6 Å². The topological polar surface area (TPSA) is 49.3 Å². The number of aliphatic hydroxyl groups is 1. The molecule has 1 aliphatic rings. The molecule has 0 aromatic rings. The van der Waals surface area contributed by atoms with Crippen molar-refractivity contribution in [2.24, 2.45) is 0 Å². The monoisotopic (exact) mass is 257 g/mol. The number of alkyl halides is 3. The van der Waals surface area contributed by atoms with E-state index in [2.05, 4.69) is 5.32 Å². The van der Waals surface area contributed by atoms with Gasteiger partial charge in [-0.25, -0.2) is 0 Å². The second kappa shape index (κ2) is 5.77. The molecule has 3 nitrogen and oxygen atoms in total. The number of hydrogen-bond donors (Lipinski definition) is 2. The van der Waals surface area contributed by atoms with E-state index in [1.54, 1.807) is 0 Å². The maximum Gasteiger partial charge on any atom is 0.416 e. The number of halogens is 3. The highest BCUT2D eigenvalue weighted by molar-refractivity contribution is 8.00. The Bertz CT molecular complexity index is 241. The van der Waals surface area contributed by atoms with Crippen LogP contribution in [0, 0.1) is 0 Å². The predicted molar refractivity (Wildman–Crippen MR) is 55.2 cm³/mol. The van der Waals surface area contributed by atoms with Crippen molar-refractivity contribution in [1.29, 1.82) is 0 Å². The van der Waals surface area contributed by atoms with E-state index in [4.69, 9.17) is 5.11 Å². The number of aliphatic hydroxyl groups excluding tert-OH is 1. The van der Waals surface area contributed by atoms with Gasteiger partial charge in [0.05, 0.1) is 11.8 Å². The number of amides is 1. The van der Waals surface area contributed by atoms with Crippen molar-refractivity contribution < 1.29 is 23.1 Å². The van der Waals surface area contributed by atoms with Crippen molar-refractivity contribution in [3.8, 4) is 0 Å². The molecule has 1 fully saturated rings. The van der Waals surface area contributed by atoms with Gasteiger partial charge in [-0.2, -0.15) is 13.2 Å². The van der Waals surface area contributed by atoms with Crippen LogP contribution in [-0.4, -0.2) is 40.8 Å². The fraction of sp³-hybridized carbons (Fsp3) is 0.889. The summed E-state index contributed by atoms with van der Waals surface area (Å²) in [5.41, 5.74) is 0. The number of rotatable bonds is 3. The summed E-state index contributed by atoms with van der Waals surface area (Å²) in [7, 11) is 0. The first-order chi connectivity index (χ1) is 7.41. The highest BCUT2D eigenvalue weighted by Crippen LogP contribution is 2.25. The quantitative estimate of drug-likeness (QED) is 0.801. The molecular weight excluding hydrogens is 243 g/mol. The van der Waals surface area contributed by atoms with Crippen LogP contribution in [-0.2, 0) is 4.79 Å². The summed E-state index contributed by atoms with van der Waals surface area (Å²) in [4.78, 5) is 11.4. The molecule has 0 spiro atoms. The number of carbonyl (C=O) groups excluding carboxylic acids is 1. The van der Waals surface area contributed by atoms with Gasteiger partial charge in [-0.1, -0.05) is 6.42 Å². The molecule has 0 aromatic carbocycles. The molecule has 1 rings (SSSR count). The Hall–Kier alpha value is -0.430. The highest BCUT2D eigenvalue weighted by Gasteiger charge is 2.38. The van der Waals surface area contributed by atoms with Gasteiger partial charge in [0.15, 0.2) is 6.10 Å². The third kappa shape index (κ3) is 4.21. The van der Waals surface area contributed by atoms with Crippen LogP contribution in [0.4, 0.5) is 13.2 Å². The number of hydrogen-bond acceptors (Lipinski definition) is 3. The van der Waals surface area contributed by atoms with Crippen molar-refractivity contribution >= 4 is 17.7 Å². The van der Waals surface area contributed by atoms with Crippen LogP contribution >= 0.6 is 11.8 Å². The Morgan fingerprint density at radius 1 is 1.50 bits per heavy atom. The number of carbonyl (C=O) groups is 1. The van der Waals surface area contributed by atoms with Crippen LogP contribution < -0.4 is 5.32 Å². The van der Waals surface area contributed by atoms with Gasteiger partial charge in [0.1, 0.15) is 0 Å². The van der Waals surface area contributed by atoms with Gasteiger partial charge < -0.3 is 10.4 Å². The molecule has 1 heterocycles. The molecule has 1 amide bonds. The minimum absolute atomic E-state index is 0.269. The van der Waals surface area contributed by atoms with Gasteiger partial charge in [0.25, 0.3) is 0 Å². The first-order valence-electron chi connectivity index (χ1n) is 5.05. The van der Waals surface area contributed by atoms with Crippen LogP contribution in [0.5, 0.6) is 0 Å². The van der Waals surface area contributed by atoms with E-state index >= 15 is 0 Å². The smallest absolute Gasteiger partial charge is 0.382 e. The SMILES string of the molecule is O=C(NCC(O)C(F)(F)F)C1CCCCS1. The first kappa shape index (κ1) is 13.6. The van der Waals surface area contributed by atoms with E-state index < -0.39 is 24.7 Å². The number of thioether (sulfide) groups is 1. The molecule has 2 unspecified atom stereocenters. The van der Waals surface area contributed by atoms with Gasteiger partial charge in [0, 0.05) is 0 Å². The average Bonchev–Trinajstić information content (AvgIpc) is 2.25. The van der Waals surface area contributed by atoms with E-state index in [0.29, 0.717) is 6.42 Å². The summed E-state index contributed by atoms with van der Waals surface area (Å²) in [6.45, 7) is -0.764. The second-order valence-electron chi connectivity index (χ2n) is 3.66. The molecule has 2 atom stereocenters. The van der Waals surface area contributed by atoms with E-state index in [1.165, 1.54) is 11.8 Å². The molecule has 0 aromatic heterocycles. The second-order valence-corrected chi connectivity index (χ2v) is 4.97. The zero-order chi connectivity index (χ0) is 12.2. The molecule has 0 radical (unpaired) electrons. The van der Waals surface area contributed by atoms with Gasteiger partial charge in [-0.15, -0.1) is 11.8 Å². The van der Waals surface area contributed by atoms with Crippen molar-refractivity contribution in [2.45, 2.75) is 36.8 Å². The molecule has 94 valence electrons. The lowest BCUT2D eigenvalue weighted by atomic mass is 10.2. The maximum absolute atomic E-state index is 11.9. The predicted octanol–water partition coefficient (Wildman–Crippen LogP) is 1.31. The molecular formula is C9H14F3NO2S. The molecule has 2 N–H and O–H groups in total. The lowest BCUT2D eigenvalue weighted by Gasteiger charge is -2.21. The zero-order valence-electron chi connectivity index (χ0n) is 8.59. The van der Waals surface area contributed by atoms with Gasteiger partial charge in [-0.05, 0) is 18.6 Å².